The highest BCUT2D eigenvalue weighted by molar-refractivity contribution is 6.60. The summed E-state index contributed by atoms with van der Waals surface area (Å²) in [4.78, 5) is 0. The molecule has 0 aromatic rings. The lowest BCUT2D eigenvalue weighted by molar-refractivity contribution is 0.0999. The predicted octanol–water partition coefficient (Wildman–Crippen LogP) is 2.22. The van der Waals surface area contributed by atoms with Gasteiger partial charge in [0.05, 0.1) is 0 Å². The van der Waals surface area contributed by atoms with Crippen LogP contribution in [0.1, 0.15) is 19.8 Å². The first-order valence-electron chi connectivity index (χ1n) is 4.59. The van der Waals surface area contributed by atoms with Crippen molar-refractivity contribution in [3.63, 3.8) is 0 Å². The van der Waals surface area contributed by atoms with E-state index in [1.807, 2.05) is 6.08 Å². The normalized spacial score (nSPS) is 11.6. The van der Waals surface area contributed by atoms with E-state index in [9.17, 15) is 0 Å². The molecule has 0 aliphatic heterocycles. The molecule has 13 heavy (non-hydrogen) atoms. The molecule has 0 aliphatic rings. The third kappa shape index (κ3) is 4.57. The van der Waals surface area contributed by atoms with Gasteiger partial charge >= 0.3 is 8.80 Å². The van der Waals surface area contributed by atoms with Crippen molar-refractivity contribution >= 4 is 8.80 Å². The summed E-state index contributed by atoms with van der Waals surface area (Å²) in [5.74, 6) is 0. The Balaban J connectivity index is 3.96. The first-order chi connectivity index (χ1) is 6.24. The van der Waals surface area contributed by atoms with E-state index in [-0.39, 0.29) is 0 Å². The second kappa shape index (κ2) is 7.26. The van der Waals surface area contributed by atoms with E-state index in [2.05, 4.69) is 13.5 Å². The maximum atomic E-state index is 5.63. The zero-order chi connectivity index (χ0) is 10.2. The lowest BCUT2D eigenvalue weighted by Gasteiger charge is -2.25. The molecule has 0 saturated carbocycles. The van der Waals surface area contributed by atoms with E-state index in [0.29, 0.717) is 6.61 Å². The smallest absolute Gasteiger partial charge is 0.377 e. The van der Waals surface area contributed by atoms with Gasteiger partial charge in [0.2, 0.25) is 0 Å². The average Bonchev–Trinajstić information content (AvgIpc) is 2.17. The first-order valence-corrected chi connectivity index (χ1v) is 6.53. The van der Waals surface area contributed by atoms with Crippen LogP contribution in [0.4, 0.5) is 0 Å². The van der Waals surface area contributed by atoms with Crippen molar-refractivity contribution in [3.05, 3.63) is 12.7 Å². The summed E-state index contributed by atoms with van der Waals surface area (Å²) < 4.78 is 16.3. The molecule has 0 heterocycles. The van der Waals surface area contributed by atoms with Crippen LogP contribution in [0.2, 0.25) is 6.04 Å². The summed E-state index contributed by atoms with van der Waals surface area (Å²) in [6.07, 6.45) is 3.68. The largest absolute Gasteiger partial charge is 0.500 e. The van der Waals surface area contributed by atoms with Crippen molar-refractivity contribution in [2.45, 2.75) is 25.8 Å². The second-order valence-electron chi connectivity index (χ2n) is 2.77. The van der Waals surface area contributed by atoms with Gasteiger partial charge in [-0.2, -0.15) is 0 Å². The fraction of sp³-hybridized carbons (Fsp3) is 0.778. The topological polar surface area (TPSA) is 27.7 Å². The first kappa shape index (κ1) is 12.8. The van der Waals surface area contributed by atoms with Gasteiger partial charge in [-0.3, -0.25) is 0 Å². The van der Waals surface area contributed by atoms with E-state index in [1.165, 1.54) is 0 Å². The molecule has 0 fully saturated rings. The fourth-order valence-electron chi connectivity index (χ4n) is 1.08. The highest BCUT2D eigenvalue weighted by Crippen LogP contribution is 2.15. The second-order valence-corrected chi connectivity index (χ2v) is 5.74. The maximum Gasteiger partial charge on any atom is 0.500 e. The van der Waals surface area contributed by atoms with Crippen LogP contribution in [-0.2, 0) is 13.3 Å². The average molecular weight is 204 g/mol. The van der Waals surface area contributed by atoms with E-state index in [1.54, 1.807) is 14.2 Å². The van der Waals surface area contributed by atoms with Crippen molar-refractivity contribution in [3.8, 4) is 0 Å². The summed E-state index contributed by atoms with van der Waals surface area (Å²) >= 11 is 0. The molecule has 0 N–H and O–H groups in total. The lowest BCUT2D eigenvalue weighted by atomic mass is 10.5. The van der Waals surface area contributed by atoms with Crippen LogP contribution in [0.15, 0.2) is 12.7 Å². The Morgan fingerprint density at radius 1 is 1.31 bits per heavy atom. The van der Waals surface area contributed by atoms with Gasteiger partial charge in [0.1, 0.15) is 0 Å². The molecule has 4 heteroatoms. The summed E-state index contributed by atoms with van der Waals surface area (Å²) in [6.45, 7) is 6.36. The van der Waals surface area contributed by atoms with Gasteiger partial charge in [0, 0.05) is 26.9 Å². The van der Waals surface area contributed by atoms with Crippen molar-refractivity contribution in [1.29, 1.82) is 0 Å². The Kier molecular flexibility index (Phi) is 7.17. The molecule has 0 atom stereocenters. The quantitative estimate of drug-likeness (QED) is 0.345. The molecule has 0 rings (SSSR count). The molecule has 0 spiro atoms. The minimum Gasteiger partial charge on any atom is -0.377 e. The minimum absolute atomic E-state index is 0.636. The molecule has 0 aromatic carbocycles. The number of hydrogen-bond acceptors (Lipinski definition) is 3. The third-order valence-corrected chi connectivity index (χ3v) is 4.82. The lowest BCUT2D eigenvalue weighted by Crippen LogP contribution is -2.43. The summed E-state index contributed by atoms with van der Waals surface area (Å²) in [5.41, 5.74) is 0. The molecule has 0 bridgehead atoms. The van der Waals surface area contributed by atoms with E-state index in [0.717, 1.165) is 18.9 Å². The molecular weight excluding hydrogens is 184 g/mol. The van der Waals surface area contributed by atoms with Crippen molar-refractivity contribution in [2.75, 3.05) is 20.8 Å². The molecule has 0 radical (unpaired) electrons. The van der Waals surface area contributed by atoms with Crippen LogP contribution in [0.3, 0.4) is 0 Å². The standard InChI is InChI=1S/C9H20O3Si/c1-5-7-8-12-13(10-3,11-4)9-6-2/h5H,1,6-9H2,2-4H3. The fourth-order valence-corrected chi connectivity index (χ4v) is 3.08. The van der Waals surface area contributed by atoms with Gasteiger partial charge in [-0.1, -0.05) is 19.4 Å². The third-order valence-electron chi connectivity index (χ3n) is 1.82. The number of hydrogen-bond donors (Lipinski definition) is 0. The maximum absolute atomic E-state index is 5.63. The van der Waals surface area contributed by atoms with Crippen molar-refractivity contribution in [1.82, 2.24) is 0 Å². The Labute approximate surface area is 82.1 Å². The molecule has 0 unspecified atom stereocenters. The zero-order valence-electron chi connectivity index (χ0n) is 8.84. The summed E-state index contributed by atoms with van der Waals surface area (Å²) in [7, 11) is 0.976. The van der Waals surface area contributed by atoms with Gasteiger partial charge in [-0.25, -0.2) is 0 Å². The molecular formula is C9H20O3Si. The van der Waals surface area contributed by atoms with Crippen LogP contribution in [0.25, 0.3) is 0 Å². The predicted molar refractivity (Wildman–Crippen MR) is 55.6 cm³/mol. The number of rotatable bonds is 8. The SMILES string of the molecule is C=CCCO[Si](CCC)(OC)OC. The molecule has 0 aliphatic carbocycles. The molecule has 78 valence electrons. The van der Waals surface area contributed by atoms with Crippen LogP contribution in [0, 0.1) is 0 Å². The Morgan fingerprint density at radius 2 is 1.92 bits per heavy atom. The molecule has 0 saturated heterocycles. The monoisotopic (exact) mass is 204 g/mol. The molecule has 0 aromatic heterocycles. The van der Waals surface area contributed by atoms with E-state index >= 15 is 0 Å². The van der Waals surface area contributed by atoms with E-state index < -0.39 is 8.80 Å². The van der Waals surface area contributed by atoms with Gasteiger partial charge < -0.3 is 13.3 Å². The summed E-state index contributed by atoms with van der Waals surface area (Å²) in [6, 6.07) is 0.872. The van der Waals surface area contributed by atoms with Crippen molar-refractivity contribution in [2.24, 2.45) is 0 Å². The van der Waals surface area contributed by atoms with Crippen LogP contribution in [-0.4, -0.2) is 29.6 Å². The Morgan fingerprint density at radius 3 is 2.31 bits per heavy atom. The molecule has 0 amide bonds. The minimum atomic E-state index is -2.33. The van der Waals surface area contributed by atoms with Gasteiger partial charge in [-0.05, 0) is 6.42 Å². The highest BCUT2D eigenvalue weighted by Gasteiger charge is 2.37. The Hall–Kier alpha value is -0.163. The zero-order valence-corrected chi connectivity index (χ0v) is 9.84. The van der Waals surface area contributed by atoms with Gasteiger partial charge in [-0.15, -0.1) is 6.58 Å². The van der Waals surface area contributed by atoms with Crippen molar-refractivity contribution < 1.29 is 13.3 Å². The van der Waals surface area contributed by atoms with Crippen LogP contribution in [0.5, 0.6) is 0 Å². The highest BCUT2D eigenvalue weighted by atomic mass is 28.4. The Bertz CT molecular complexity index is 135. The van der Waals surface area contributed by atoms with Gasteiger partial charge in [0.25, 0.3) is 0 Å². The molecule has 3 nitrogen and oxygen atoms in total. The van der Waals surface area contributed by atoms with Crippen LogP contribution >= 0.6 is 0 Å². The van der Waals surface area contributed by atoms with Gasteiger partial charge in [0.15, 0.2) is 0 Å². The summed E-state index contributed by atoms with van der Waals surface area (Å²) in [5, 5.41) is 0. The van der Waals surface area contributed by atoms with E-state index in [4.69, 9.17) is 13.3 Å². The van der Waals surface area contributed by atoms with Crippen LogP contribution < -0.4 is 0 Å².